The third-order valence-electron chi connectivity index (χ3n) is 5.14. The van der Waals surface area contributed by atoms with Crippen molar-refractivity contribution >= 4 is 16.9 Å². The van der Waals surface area contributed by atoms with Gasteiger partial charge in [0.25, 0.3) is 0 Å². The summed E-state index contributed by atoms with van der Waals surface area (Å²) >= 11 is 0. The number of rotatable bonds is 7. The lowest BCUT2D eigenvalue weighted by atomic mass is 9.79. The van der Waals surface area contributed by atoms with Gasteiger partial charge >= 0.3 is 5.97 Å². The van der Waals surface area contributed by atoms with Crippen LogP contribution >= 0.6 is 0 Å². The number of methoxy groups -OCH3 is 1. The number of benzene rings is 1. The highest BCUT2D eigenvalue weighted by atomic mass is 16.5. The first-order valence-corrected chi connectivity index (χ1v) is 9.96. The highest BCUT2D eigenvalue weighted by Crippen LogP contribution is 2.31. The summed E-state index contributed by atoms with van der Waals surface area (Å²) in [5.74, 6) is 0.136. The molecule has 6 nitrogen and oxygen atoms in total. The number of pyridine rings is 2. The smallest absolute Gasteiger partial charge is 0.356 e. The number of nitrogens with zero attached hydrogens (tertiary/aromatic N) is 3. The summed E-state index contributed by atoms with van der Waals surface area (Å²) in [5.41, 5.74) is 2.70. The Balaban J connectivity index is 1.98. The van der Waals surface area contributed by atoms with Crippen LogP contribution in [-0.4, -0.2) is 29.7 Å². The van der Waals surface area contributed by atoms with E-state index in [1.165, 1.54) is 0 Å². The highest BCUT2D eigenvalue weighted by Gasteiger charge is 2.28. The molecule has 0 radical (unpaired) electrons. The molecule has 0 aliphatic carbocycles. The molecule has 3 rings (SSSR count). The first-order chi connectivity index (χ1) is 14.4. The quantitative estimate of drug-likeness (QED) is 0.544. The Morgan fingerprint density at radius 1 is 1.17 bits per heavy atom. The number of carbonyl (C=O) groups excluding carboxylic acids is 1. The van der Waals surface area contributed by atoms with Crippen molar-refractivity contribution < 1.29 is 14.3 Å². The molecule has 0 bridgehead atoms. The molecule has 30 heavy (non-hydrogen) atoms. The van der Waals surface area contributed by atoms with Crippen LogP contribution in [0.3, 0.4) is 0 Å². The lowest BCUT2D eigenvalue weighted by Gasteiger charge is -2.22. The van der Waals surface area contributed by atoms with Gasteiger partial charge in [0.05, 0.1) is 30.7 Å². The average Bonchev–Trinajstić information content (AvgIpc) is 2.77. The SMILES string of the molecule is CCOC(=O)c1cccc(CC(C)(C#N)c2ccc3cc(CC)c(OC)nc3c2)n1. The molecule has 1 unspecified atom stereocenters. The maximum atomic E-state index is 12.0. The van der Waals surface area contributed by atoms with Crippen molar-refractivity contribution in [1.29, 1.82) is 5.26 Å². The zero-order valence-electron chi connectivity index (χ0n) is 17.7. The summed E-state index contributed by atoms with van der Waals surface area (Å²) in [6.45, 7) is 5.96. The van der Waals surface area contributed by atoms with Gasteiger partial charge in [-0.05, 0) is 50.1 Å². The molecule has 0 saturated carbocycles. The van der Waals surface area contributed by atoms with E-state index in [0.717, 1.165) is 28.5 Å². The fraction of sp³-hybridized carbons (Fsp3) is 0.333. The van der Waals surface area contributed by atoms with E-state index in [4.69, 9.17) is 9.47 Å². The van der Waals surface area contributed by atoms with Gasteiger partial charge in [-0.2, -0.15) is 5.26 Å². The summed E-state index contributed by atoms with van der Waals surface area (Å²) < 4.78 is 10.4. The number of fused-ring (bicyclic) bond motifs is 1. The second kappa shape index (κ2) is 8.91. The van der Waals surface area contributed by atoms with Crippen molar-refractivity contribution in [3.63, 3.8) is 0 Å². The molecule has 0 aliphatic rings. The van der Waals surface area contributed by atoms with Crippen LogP contribution in [0.15, 0.2) is 42.5 Å². The van der Waals surface area contributed by atoms with Crippen LogP contribution in [-0.2, 0) is 23.0 Å². The second-order valence-electron chi connectivity index (χ2n) is 7.27. The Kier molecular flexibility index (Phi) is 6.31. The monoisotopic (exact) mass is 403 g/mol. The Hall–Kier alpha value is -3.46. The van der Waals surface area contributed by atoms with Crippen molar-refractivity contribution in [2.75, 3.05) is 13.7 Å². The van der Waals surface area contributed by atoms with Crippen molar-refractivity contribution in [2.24, 2.45) is 0 Å². The lowest BCUT2D eigenvalue weighted by molar-refractivity contribution is 0.0519. The van der Waals surface area contributed by atoms with E-state index >= 15 is 0 Å². The van der Waals surface area contributed by atoms with Crippen molar-refractivity contribution in [1.82, 2.24) is 9.97 Å². The Bertz CT molecular complexity index is 1120. The number of carbonyl (C=O) groups is 1. The van der Waals surface area contributed by atoms with Gasteiger partial charge in [0, 0.05) is 23.1 Å². The van der Waals surface area contributed by atoms with E-state index in [2.05, 4.69) is 29.0 Å². The Morgan fingerprint density at radius 2 is 1.97 bits per heavy atom. The number of nitriles is 1. The minimum atomic E-state index is -0.840. The number of aromatic nitrogens is 2. The number of esters is 1. The van der Waals surface area contributed by atoms with Crippen LogP contribution in [0.5, 0.6) is 5.88 Å². The molecule has 154 valence electrons. The predicted molar refractivity (Wildman–Crippen MR) is 115 cm³/mol. The third-order valence-corrected chi connectivity index (χ3v) is 5.14. The third kappa shape index (κ3) is 4.25. The molecule has 0 amide bonds. The lowest BCUT2D eigenvalue weighted by Crippen LogP contribution is -2.24. The van der Waals surface area contributed by atoms with E-state index in [9.17, 15) is 10.1 Å². The van der Waals surface area contributed by atoms with Gasteiger partial charge in [-0.15, -0.1) is 0 Å². The molecular weight excluding hydrogens is 378 g/mol. The normalized spacial score (nSPS) is 12.8. The molecule has 2 heterocycles. The fourth-order valence-electron chi connectivity index (χ4n) is 3.43. The zero-order valence-corrected chi connectivity index (χ0v) is 17.7. The summed E-state index contributed by atoms with van der Waals surface area (Å²) in [4.78, 5) is 21.0. The number of ether oxygens (including phenoxy) is 2. The standard InChI is InChI=1S/C24H25N3O3/c1-5-16-12-17-10-11-18(13-21(17)27-22(16)29-4)24(3,15-25)14-19-8-7-9-20(26-19)23(28)30-6-2/h7-13H,5-6,14H2,1-4H3. The van der Waals surface area contributed by atoms with E-state index in [0.29, 0.717) is 18.0 Å². The van der Waals surface area contributed by atoms with E-state index in [-0.39, 0.29) is 12.3 Å². The molecule has 0 N–H and O–H groups in total. The van der Waals surface area contributed by atoms with Crippen LogP contribution < -0.4 is 4.74 Å². The largest absolute Gasteiger partial charge is 0.481 e. The molecule has 1 atom stereocenters. The molecule has 1 aromatic carbocycles. The molecule has 6 heteroatoms. The predicted octanol–water partition coefficient (Wildman–Crippen LogP) is 4.40. The van der Waals surface area contributed by atoms with Crippen LogP contribution in [0.2, 0.25) is 0 Å². The first-order valence-electron chi connectivity index (χ1n) is 9.96. The van der Waals surface area contributed by atoms with Crippen molar-refractivity contribution in [3.05, 3.63) is 65.0 Å². The van der Waals surface area contributed by atoms with Gasteiger partial charge in [0.15, 0.2) is 0 Å². The summed E-state index contributed by atoms with van der Waals surface area (Å²) in [5, 5.41) is 11.0. The van der Waals surface area contributed by atoms with Gasteiger partial charge < -0.3 is 9.47 Å². The van der Waals surface area contributed by atoms with Crippen molar-refractivity contribution in [2.45, 2.75) is 39.0 Å². The molecule has 0 spiro atoms. The minimum absolute atomic E-state index is 0.242. The Labute approximate surface area is 176 Å². The molecular formula is C24H25N3O3. The van der Waals surface area contributed by atoms with Gasteiger partial charge in [-0.25, -0.2) is 14.8 Å². The highest BCUT2D eigenvalue weighted by molar-refractivity contribution is 5.87. The first kappa shape index (κ1) is 21.3. The van der Waals surface area contributed by atoms with Crippen LogP contribution in [0.25, 0.3) is 10.9 Å². The molecule has 0 fully saturated rings. The summed E-state index contributed by atoms with van der Waals surface area (Å²) in [7, 11) is 1.61. The van der Waals surface area contributed by atoms with Crippen LogP contribution in [0.1, 0.15) is 48.1 Å². The fourth-order valence-corrected chi connectivity index (χ4v) is 3.43. The van der Waals surface area contributed by atoms with Gasteiger partial charge in [-0.3, -0.25) is 0 Å². The van der Waals surface area contributed by atoms with Crippen LogP contribution in [0, 0.1) is 11.3 Å². The van der Waals surface area contributed by atoms with Crippen LogP contribution in [0.4, 0.5) is 0 Å². The molecule has 2 aromatic heterocycles. The molecule has 0 aliphatic heterocycles. The molecule has 3 aromatic rings. The topological polar surface area (TPSA) is 85.1 Å². The summed E-state index contributed by atoms with van der Waals surface area (Å²) in [6, 6.07) is 15.5. The maximum absolute atomic E-state index is 12.0. The van der Waals surface area contributed by atoms with Gasteiger partial charge in [0.1, 0.15) is 5.69 Å². The second-order valence-corrected chi connectivity index (χ2v) is 7.27. The Morgan fingerprint density at radius 3 is 2.63 bits per heavy atom. The van der Waals surface area contributed by atoms with Gasteiger partial charge in [0.2, 0.25) is 5.88 Å². The van der Waals surface area contributed by atoms with E-state index in [1.807, 2.05) is 31.2 Å². The summed E-state index contributed by atoms with van der Waals surface area (Å²) in [6.07, 6.45) is 1.18. The van der Waals surface area contributed by atoms with Gasteiger partial charge in [-0.1, -0.05) is 25.1 Å². The van der Waals surface area contributed by atoms with Crippen molar-refractivity contribution in [3.8, 4) is 11.9 Å². The zero-order chi connectivity index (χ0) is 21.7. The van der Waals surface area contributed by atoms with E-state index in [1.54, 1.807) is 26.2 Å². The molecule has 0 saturated heterocycles. The minimum Gasteiger partial charge on any atom is -0.481 e. The maximum Gasteiger partial charge on any atom is 0.356 e. The number of hydrogen-bond acceptors (Lipinski definition) is 6. The number of hydrogen-bond donors (Lipinski definition) is 0. The average molecular weight is 403 g/mol. The van der Waals surface area contributed by atoms with E-state index < -0.39 is 11.4 Å². The number of aryl methyl sites for hydroxylation is 1.